The Bertz CT molecular complexity index is 1580. The third kappa shape index (κ3) is 5.33. The number of halogens is 3. The number of anilines is 1. The van der Waals surface area contributed by atoms with Gasteiger partial charge in [0.15, 0.2) is 0 Å². The SMILES string of the molecule is CNC(=O)c1cc(Oc2ccc3nnc(NS(=O)(=O)c4ccc(C(F)(F)F)c(C)c4)nc3c2)ccn1. The molecular formula is C22H17F3N6O4S. The fourth-order valence-corrected chi connectivity index (χ4v) is 4.21. The molecule has 0 atom stereocenters. The van der Waals surface area contributed by atoms with E-state index in [2.05, 4.69) is 30.2 Å². The second-order valence-corrected chi connectivity index (χ2v) is 9.11. The summed E-state index contributed by atoms with van der Waals surface area (Å²) in [5.41, 5.74) is -0.481. The Balaban J connectivity index is 1.59. The Kier molecular flexibility index (Phi) is 6.45. The third-order valence-electron chi connectivity index (χ3n) is 4.89. The van der Waals surface area contributed by atoms with E-state index in [1.165, 1.54) is 25.4 Å². The van der Waals surface area contributed by atoms with Crippen molar-refractivity contribution in [3.05, 3.63) is 71.5 Å². The van der Waals surface area contributed by atoms with Crippen LogP contribution in [0.4, 0.5) is 19.1 Å². The number of hydrogen-bond acceptors (Lipinski definition) is 8. The predicted molar refractivity (Wildman–Crippen MR) is 122 cm³/mol. The minimum absolute atomic E-state index is 0.148. The van der Waals surface area contributed by atoms with Gasteiger partial charge in [-0.25, -0.2) is 18.1 Å². The molecule has 0 unspecified atom stereocenters. The number of alkyl halides is 3. The standard InChI is InChI=1S/C22H17F3N6O4S/c1-12-9-15(4-5-16(12)22(23,24)25)36(33,34)31-21-28-18-10-13(3-6-17(18)29-30-21)35-14-7-8-27-19(11-14)20(32)26-2/h3-11H,1-2H3,(H,26,32)(H,28,30,31). The molecule has 0 aliphatic rings. The van der Waals surface area contributed by atoms with E-state index < -0.39 is 32.6 Å². The highest BCUT2D eigenvalue weighted by atomic mass is 32.2. The molecule has 2 aromatic heterocycles. The summed E-state index contributed by atoms with van der Waals surface area (Å²) in [6.45, 7) is 1.16. The second-order valence-electron chi connectivity index (χ2n) is 7.42. The number of amides is 1. The molecule has 0 aliphatic carbocycles. The highest BCUT2D eigenvalue weighted by Crippen LogP contribution is 2.33. The minimum atomic E-state index is -4.61. The van der Waals surface area contributed by atoms with E-state index in [0.29, 0.717) is 23.1 Å². The monoisotopic (exact) mass is 518 g/mol. The molecular weight excluding hydrogens is 501 g/mol. The summed E-state index contributed by atoms with van der Waals surface area (Å²) in [4.78, 5) is 19.5. The first-order chi connectivity index (χ1) is 17.0. The van der Waals surface area contributed by atoms with Gasteiger partial charge in [0.1, 0.15) is 22.7 Å². The van der Waals surface area contributed by atoms with Crippen LogP contribution >= 0.6 is 0 Å². The molecule has 4 rings (SSSR count). The van der Waals surface area contributed by atoms with Crippen LogP contribution < -0.4 is 14.8 Å². The van der Waals surface area contributed by atoms with E-state index in [-0.39, 0.29) is 22.7 Å². The van der Waals surface area contributed by atoms with Crippen molar-refractivity contribution in [2.45, 2.75) is 18.0 Å². The molecule has 14 heteroatoms. The zero-order chi connectivity index (χ0) is 26.1. The zero-order valence-corrected chi connectivity index (χ0v) is 19.5. The molecule has 186 valence electrons. The number of carbonyl (C=O) groups is 1. The van der Waals surface area contributed by atoms with Gasteiger partial charge in [0.2, 0.25) is 0 Å². The van der Waals surface area contributed by atoms with Crippen LogP contribution in [-0.2, 0) is 16.2 Å². The Morgan fingerprint density at radius 1 is 0.972 bits per heavy atom. The molecule has 4 aromatic rings. The van der Waals surface area contributed by atoms with Crippen molar-refractivity contribution in [3.63, 3.8) is 0 Å². The molecule has 0 fully saturated rings. The summed E-state index contributed by atoms with van der Waals surface area (Å²) in [7, 11) is -2.83. The number of nitrogens with zero attached hydrogens (tertiary/aromatic N) is 4. The Hall–Kier alpha value is -4.33. The van der Waals surface area contributed by atoms with Crippen LogP contribution in [0.25, 0.3) is 11.0 Å². The molecule has 0 spiro atoms. The second kappa shape index (κ2) is 9.37. The van der Waals surface area contributed by atoms with E-state index in [4.69, 9.17) is 4.74 Å². The number of hydrogen-bond donors (Lipinski definition) is 2. The van der Waals surface area contributed by atoms with Gasteiger partial charge in [-0.05, 0) is 48.9 Å². The first-order valence-corrected chi connectivity index (χ1v) is 11.7. The van der Waals surface area contributed by atoms with Crippen LogP contribution in [0.15, 0.2) is 59.6 Å². The quantitative estimate of drug-likeness (QED) is 0.394. The summed E-state index contributed by atoms with van der Waals surface area (Å²) in [5.74, 6) is -0.146. The average Bonchev–Trinajstić information content (AvgIpc) is 2.82. The van der Waals surface area contributed by atoms with Crippen molar-refractivity contribution in [3.8, 4) is 11.5 Å². The van der Waals surface area contributed by atoms with Crippen molar-refractivity contribution in [1.29, 1.82) is 0 Å². The lowest BCUT2D eigenvalue weighted by Crippen LogP contribution is -2.18. The van der Waals surface area contributed by atoms with Gasteiger partial charge in [-0.15, -0.1) is 10.2 Å². The van der Waals surface area contributed by atoms with Crippen LogP contribution in [0.5, 0.6) is 11.5 Å². The molecule has 0 bridgehead atoms. The van der Waals surface area contributed by atoms with E-state index in [1.54, 1.807) is 18.2 Å². The number of aromatic nitrogens is 4. The lowest BCUT2D eigenvalue weighted by Gasteiger charge is -2.12. The molecule has 0 aliphatic heterocycles. The molecule has 0 saturated heterocycles. The number of carbonyl (C=O) groups excluding carboxylic acids is 1. The number of fused-ring (bicyclic) bond motifs is 1. The molecule has 2 heterocycles. The van der Waals surface area contributed by atoms with E-state index in [1.807, 2.05) is 0 Å². The smallest absolute Gasteiger partial charge is 0.416 e. The maximum atomic E-state index is 13.0. The third-order valence-corrected chi connectivity index (χ3v) is 6.22. The highest BCUT2D eigenvalue weighted by Gasteiger charge is 2.33. The Labute approximate surface area is 202 Å². The molecule has 0 radical (unpaired) electrons. The van der Waals surface area contributed by atoms with Gasteiger partial charge >= 0.3 is 6.18 Å². The van der Waals surface area contributed by atoms with E-state index >= 15 is 0 Å². The highest BCUT2D eigenvalue weighted by molar-refractivity contribution is 7.92. The minimum Gasteiger partial charge on any atom is -0.457 e. The lowest BCUT2D eigenvalue weighted by molar-refractivity contribution is -0.138. The fourth-order valence-electron chi connectivity index (χ4n) is 3.19. The van der Waals surface area contributed by atoms with Gasteiger partial charge in [0.05, 0.1) is 16.0 Å². The fraction of sp³-hybridized carbons (Fsp3) is 0.136. The molecule has 36 heavy (non-hydrogen) atoms. The van der Waals surface area contributed by atoms with Crippen LogP contribution in [0.3, 0.4) is 0 Å². The zero-order valence-electron chi connectivity index (χ0n) is 18.7. The van der Waals surface area contributed by atoms with E-state index in [9.17, 15) is 26.4 Å². The number of nitrogens with one attached hydrogen (secondary N) is 2. The molecule has 1 amide bonds. The number of ether oxygens (including phenoxy) is 1. The van der Waals surface area contributed by atoms with Crippen LogP contribution in [0.1, 0.15) is 21.6 Å². The molecule has 0 saturated carbocycles. The van der Waals surface area contributed by atoms with Crippen molar-refractivity contribution in [2.24, 2.45) is 0 Å². The molecule has 10 nitrogen and oxygen atoms in total. The summed E-state index contributed by atoms with van der Waals surface area (Å²) in [6.07, 6.45) is -3.20. The maximum absolute atomic E-state index is 13.0. The largest absolute Gasteiger partial charge is 0.457 e. The van der Waals surface area contributed by atoms with Gasteiger partial charge in [-0.3, -0.25) is 9.78 Å². The van der Waals surface area contributed by atoms with Gasteiger partial charge in [0.25, 0.3) is 21.9 Å². The number of pyridine rings is 1. The predicted octanol–water partition coefficient (Wildman–Crippen LogP) is 3.70. The van der Waals surface area contributed by atoms with Crippen molar-refractivity contribution in [1.82, 2.24) is 25.5 Å². The Morgan fingerprint density at radius 3 is 2.42 bits per heavy atom. The van der Waals surface area contributed by atoms with Crippen LogP contribution in [0.2, 0.25) is 0 Å². The normalized spacial score (nSPS) is 11.8. The van der Waals surface area contributed by atoms with Crippen LogP contribution in [-0.4, -0.2) is 41.5 Å². The summed E-state index contributed by atoms with van der Waals surface area (Å²) in [6, 6.07) is 10.0. The van der Waals surface area contributed by atoms with Crippen molar-refractivity contribution in [2.75, 3.05) is 11.8 Å². The number of rotatable bonds is 6. The number of benzene rings is 2. The summed E-state index contributed by atoms with van der Waals surface area (Å²) < 4.78 is 72.2. The molecule has 2 N–H and O–H groups in total. The van der Waals surface area contributed by atoms with E-state index in [0.717, 1.165) is 19.1 Å². The van der Waals surface area contributed by atoms with Crippen molar-refractivity contribution >= 4 is 32.9 Å². The van der Waals surface area contributed by atoms with Gasteiger partial charge < -0.3 is 10.1 Å². The van der Waals surface area contributed by atoms with Crippen molar-refractivity contribution < 1.29 is 31.1 Å². The van der Waals surface area contributed by atoms with Crippen LogP contribution in [0, 0.1) is 6.92 Å². The van der Waals surface area contributed by atoms with Gasteiger partial charge in [-0.1, -0.05) is 0 Å². The topological polar surface area (TPSA) is 136 Å². The van der Waals surface area contributed by atoms with Gasteiger partial charge in [0, 0.05) is 25.4 Å². The first kappa shape index (κ1) is 24.8. The molecule has 2 aromatic carbocycles. The van der Waals surface area contributed by atoms with Gasteiger partial charge in [-0.2, -0.15) is 13.2 Å². The lowest BCUT2D eigenvalue weighted by atomic mass is 10.1. The number of sulfonamides is 1. The average molecular weight is 518 g/mol. The number of aryl methyl sites for hydroxylation is 1. The maximum Gasteiger partial charge on any atom is 0.416 e. The summed E-state index contributed by atoms with van der Waals surface area (Å²) >= 11 is 0. The summed E-state index contributed by atoms with van der Waals surface area (Å²) in [5, 5.41) is 10.1. The Morgan fingerprint density at radius 2 is 1.72 bits per heavy atom. The first-order valence-electron chi connectivity index (χ1n) is 10.2.